The van der Waals surface area contributed by atoms with Gasteiger partial charge in [-0.1, -0.05) is 12.1 Å². The van der Waals surface area contributed by atoms with E-state index in [1.807, 2.05) is 24.3 Å². The second-order valence-corrected chi connectivity index (χ2v) is 2.00. The van der Waals surface area contributed by atoms with Crippen LogP contribution in [-0.4, -0.2) is 4.98 Å². The molecule has 2 rings (SSSR count). The van der Waals surface area contributed by atoms with E-state index in [2.05, 4.69) is 17.2 Å². The van der Waals surface area contributed by atoms with Gasteiger partial charge in [-0.3, -0.25) is 0 Å². The maximum atomic E-state index is 2.99. The summed E-state index contributed by atoms with van der Waals surface area (Å²) in [5.74, 6) is 0. The van der Waals surface area contributed by atoms with Crippen LogP contribution in [0.4, 0.5) is 0 Å². The molecule has 1 nitrogen and oxygen atoms in total. The van der Waals surface area contributed by atoms with Crippen LogP contribution in [0.2, 0.25) is 0 Å². The number of benzene rings is 1. The first kappa shape index (κ1) is 14.6. The molecule has 0 saturated heterocycles. The number of halogens is 2. The molecule has 2 aromatic rings. The average molecular weight is 235 g/mol. The summed E-state index contributed by atoms with van der Waals surface area (Å²) in [6, 6.07) is 10.1. The van der Waals surface area contributed by atoms with E-state index in [4.69, 9.17) is 0 Å². The molecule has 1 heterocycles. The second-order valence-electron chi connectivity index (χ2n) is 2.00. The van der Waals surface area contributed by atoms with Crippen LogP contribution in [0.25, 0.3) is 10.9 Å². The van der Waals surface area contributed by atoms with Crippen molar-refractivity contribution in [1.82, 2.24) is 4.98 Å². The molecule has 0 fully saturated rings. The van der Waals surface area contributed by atoms with Gasteiger partial charge in [0.2, 0.25) is 0 Å². The van der Waals surface area contributed by atoms with Gasteiger partial charge in [0.05, 0.1) is 0 Å². The number of hydrogen-bond donors (Lipinski definition) is 1. The largest absolute Gasteiger partial charge is 3.00 e. The Hall–Kier alpha value is 0.0543. The van der Waals surface area contributed by atoms with Crippen LogP contribution in [0.15, 0.2) is 30.3 Å². The molecule has 1 N–H and O–H groups in total. The van der Waals surface area contributed by atoms with E-state index >= 15 is 0 Å². The predicted octanol–water partition coefficient (Wildman–Crippen LogP) is -4.03. The quantitative estimate of drug-likeness (QED) is 0.353. The van der Waals surface area contributed by atoms with Gasteiger partial charge < -0.3 is 29.8 Å². The Morgan fingerprint density at radius 2 is 1.75 bits per heavy atom. The molecule has 0 spiro atoms. The maximum absolute atomic E-state index is 2.99. The Bertz CT molecular complexity index is 291. The number of H-pyrrole nitrogens is 1. The third-order valence-electron chi connectivity index (χ3n) is 1.40. The van der Waals surface area contributed by atoms with Gasteiger partial charge in [-0.2, -0.15) is 11.5 Å². The smallest absolute Gasteiger partial charge is 1.00 e. The van der Waals surface area contributed by atoms with Gasteiger partial charge in [0.25, 0.3) is 0 Å². The Labute approximate surface area is 98.6 Å². The van der Waals surface area contributed by atoms with Crippen molar-refractivity contribution in [3.8, 4) is 0 Å². The molecule has 1 aromatic carbocycles. The number of aromatic nitrogens is 1. The monoisotopic (exact) mass is 234 g/mol. The number of nitrogens with one attached hydrogen (secondary N) is 1. The fraction of sp³-hybridized carbons (Fsp3) is 0. The summed E-state index contributed by atoms with van der Waals surface area (Å²) < 4.78 is 0. The summed E-state index contributed by atoms with van der Waals surface area (Å²) in [7, 11) is 0. The fourth-order valence-electron chi connectivity index (χ4n) is 0.928. The first-order valence-corrected chi connectivity index (χ1v) is 2.90. The Kier molecular flexibility index (Phi) is 7.96. The van der Waals surface area contributed by atoms with Crippen LogP contribution >= 0.6 is 0 Å². The van der Waals surface area contributed by atoms with Gasteiger partial charge in [-0.15, -0.1) is 23.8 Å². The van der Waals surface area contributed by atoms with Gasteiger partial charge in [0, 0.05) is 0 Å². The van der Waals surface area contributed by atoms with Crippen molar-refractivity contribution >= 4 is 10.9 Å². The molecule has 1 aromatic heterocycles. The fourth-order valence-corrected chi connectivity index (χ4v) is 0.928. The molecule has 0 atom stereocenters. The minimum atomic E-state index is 0. The van der Waals surface area contributed by atoms with Crippen molar-refractivity contribution < 1.29 is 46.5 Å². The van der Waals surface area contributed by atoms with Gasteiger partial charge in [-0.25, -0.2) is 0 Å². The topological polar surface area (TPSA) is 15.8 Å². The first-order valence-electron chi connectivity index (χ1n) is 2.90. The minimum Gasteiger partial charge on any atom is -1.00 e. The summed E-state index contributed by atoms with van der Waals surface area (Å²) in [5, 5.41) is 1.22. The Morgan fingerprint density at radius 3 is 2.42 bits per heavy atom. The van der Waals surface area contributed by atoms with E-state index in [1.54, 1.807) is 0 Å². The molecule has 0 saturated carbocycles. The molecule has 0 aliphatic carbocycles. The number of hydrogen-bond acceptors (Lipinski definition) is 0. The van der Waals surface area contributed by atoms with E-state index in [0.29, 0.717) is 0 Å². The third kappa shape index (κ3) is 2.83. The zero-order valence-corrected chi connectivity index (χ0v) is 9.22. The zero-order valence-electron chi connectivity index (χ0n) is 6.14. The summed E-state index contributed by atoms with van der Waals surface area (Å²) in [6.07, 6.45) is 2.91. The molecule has 0 amide bonds. The van der Waals surface area contributed by atoms with Crippen LogP contribution in [0.3, 0.4) is 0 Å². The van der Waals surface area contributed by atoms with Crippen LogP contribution < -0.4 is 24.8 Å². The van der Waals surface area contributed by atoms with E-state index in [9.17, 15) is 0 Å². The number of aromatic amines is 1. The normalized spacial score (nSPS) is 7.67. The Balaban J connectivity index is 0. The number of fused-ring (bicyclic) bond motifs is 1. The first-order chi connectivity index (χ1) is 4.47. The minimum absolute atomic E-state index is 0. The zero-order chi connectivity index (χ0) is 6.10. The summed E-state index contributed by atoms with van der Waals surface area (Å²) in [6.45, 7) is 0. The van der Waals surface area contributed by atoms with Crippen molar-refractivity contribution in [1.29, 1.82) is 0 Å². The molecule has 0 bridgehead atoms. The van der Waals surface area contributed by atoms with E-state index in [1.165, 1.54) is 5.39 Å². The van der Waals surface area contributed by atoms with Crippen LogP contribution in [-0.2, 0) is 21.7 Å². The van der Waals surface area contributed by atoms with E-state index in [-0.39, 0.29) is 46.5 Å². The predicted molar refractivity (Wildman–Crippen MR) is 37.1 cm³/mol. The standard InChI is InChI=1S/C8H6N.2ClH.Ti/c1-2-4-8-7(3-1)5-6-9-8;;;/h1-5,9H;2*1H;/q-1;;;+3/p-2. The maximum Gasteiger partial charge on any atom is 3.00 e. The van der Waals surface area contributed by atoms with Gasteiger partial charge in [0.15, 0.2) is 0 Å². The molecule has 0 aliphatic rings. The third-order valence-corrected chi connectivity index (χ3v) is 1.40. The van der Waals surface area contributed by atoms with Gasteiger partial charge in [0.1, 0.15) is 0 Å². The van der Waals surface area contributed by atoms with E-state index in [0.717, 1.165) is 5.52 Å². The number of para-hydroxylation sites is 1. The molecule has 61 valence electrons. The van der Waals surface area contributed by atoms with Crippen molar-refractivity contribution in [2.24, 2.45) is 0 Å². The molecule has 0 unspecified atom stereocenters. The van der Waals surface area contributed by atoms with Crippen molar-refractivity contribution in [3.05, 3.63) is 36.5 Å². The number of rotatable bonds is 0. The van der Waals surface area contributed by atoms with Crippen molar-refractivity contribution in [3.63, 3.8) is 0 Å². The van der Waals surface area contributed by atoms with Gasteiger partial charge >= 0.3 is 21.7 Å². The van der Waals surface area contributed by atoms with Crippen LogP contribution in [0.1, 0.15) is 0 Å². The SMILES string of the molecule is [Cl-].[Cl-].[Ti+3].[c-]1cc2ccccc2[nH]1. The van der Waals surface area contributed by atoms with Crippen LogP contribution in [0, 0.1) is 6.20 Å². The van der Waals surface area contributed by atoms with E-state index < -0.39 is 0 Å². The molecular formula is C8H6Cl2NTi. The van der Waals surface area contributed by atoms with Gasteiger partial charge in [-0.05, 0) is 0 Å². The summed E-state index contributed by atoms with van der Waals surface area (Å²) in [4.78, 5) is 2.99. The second kappa shape index (κ2) is 6.56. The summed E-state index contributed by atoms with van der Waals surface area (Å²) in [5.41, 5.74) is 1.15. The molecule has 12 heavy (non-hydrogen) atoms. The van der Waals surface area contributed by atoms with Crippen LogP contribution in [0.5, 0.6) is 0 Å². The van der Waals surface area contributed by atoms with Crippen molar-refractivity contribution in [2.45, 2.75) is 0 Å². The molecular weight excluding hydrogens is 229 g/mol. The molecule has 1 radical (unpaired) electrons. The summed E-state index contributed by atoms with van der Waals surface area (Å²) >= 11 is 0. The molecule has 4 heteroatoms. The van der Waals surface area contributed by atoms with Crippen molar-refractivity contribution in [2.75, 3.05) is 0 Å². The molecule has 0 aliphatic heterocycles. The Morgan fingerprint density at radius 1 is 1.08 bits per heavy atom. The average Bonchev–Trinajstić information content (AvgIpc) is 2.33.